The third-order valence-electron chi connectivity index (χ3n) is 2.12. The normalized spacial score (nSPS) is 9.18. The van der Waals surface area contributed by atoms with Crippen LogP contribution < -0.4 is 10.6 Å². The van der Waals surface area contributed by atoms with Gasteiger partial charge in [-0.1, -0.05) is 12.1 Å². The maximum absolute atomic E-state index is 11.1. The summed E-state index contributed by atoms with van der Waals surface area (Å²) in [5.41, 5.74) is 1.48. The summed E-state index contributed by atoms with van der Waals surface area (Å²) < 4.78 is 0. The van der Waals surface area contributed by atoms with Crippen LogP contribution in [0.4, 0.5) is 5.69 Å². The van der Waals surface area contributed by atoms with Crippen molar-refractivity contribution < 1.29 is 9.59 Å². The molecule has 5 nitrogen and oxygen atoms in total. The number of rotatable bonds is 4. The van der Waals surface area contributed by atoms with Gasteiger partial charge >= 0.3 is 0 Å². The first-order valence-corrected chi connectivity index (χ1v) is 5.12. The Hall–Kier alpha value is -2.35. The van der Waals surface area contributed by atoms with E-state index in [1.54, 1.807) is 37.4 Å². The van der Waals surface area contributed by atoms with E-state index < -0.39 is 0 Å². The zero-order chi connectivity index (χ0) is 12.7. The number of carbonyl (C=O) groups is 2. The molecule has 2 amide bonds. The summed E-state index contributed by atoms with van der Waals surface area (Å²) in [5, 5.41) is 13.4. The van der Waals surface area contributed by atoms with E-state index in [4.69, 9.17) is 5.26 Å². The molecule has 0 saturated heterocycles. The van der Waals surface area contributed by atoms with Crippen molar-refractivity contribution in [3.05, 3.63) is 29.8 Å². The van der Waals surface area contributed by atoms with Gasteiger partial charge in [0.2, 0.25) is 11.8 Å². The van der Waals surface area contributed by atoms with Crippen LogP contribution in [0.3, 0.4) is 0 Å². The average Bonchev–Trinajstić information content (AvgIpc) is 2.32. The highest BCUT2D eigenvalue weighted by atomic mass is 16.2. The molecule has 17 heavy (non-hydrogen) atoms. The summed E-state index contributed by atoms with van der Waals surface area (Å²) in [5.74, 6) is -0.405. The van der Waals surface area contributed by atoms with Crippen LogP contribution in [0.5, 0.6) is 0 Å². The van der Waals surface area contributed by atoms with Crippen LogP contribution in [0.1, 0.15) is 12.0 Å². The standard InChI is InChI=1S/C12H13N3O2/c1-14-12(17)8-9-2-4-10(5-3-9)15-11(16)6-7-13/h2-5H,6,8H2,1H3,(H,14,17)(H,15,16). The summed E-state index contributed by atoms with van der Waals surface area (Å²) in [6.45, 7) is 0. The molecular formula is C12H13N3O2. The summed E-state index contributed by atoms with van der Waals surface area (Å²) in [4.78, 5) is 22.2. The second-order valence-corrected chi connectivity index (χ2v) is 3.43. The van der Waals surface area contributed by atoms with Crippen molar-refractivity contribution >= 4 is 17.5 Å². The van der Waals surface area contributed by atoms with Crippen molar-refractivity contribution in [1.29, 1.82) is 5.26 Å². The molecule has 1 rings (SSSR count). The number of hydrogen-bond acceptors (Lipinski definition) is 3. The van der Waals surface area contributed by atoms with Crippen molar-refractivity contribution in [2.24, 2.45) is 0 Å². The summed E-state index contributed by atoms with van der Waals surface area (Å²) >= 11 is 0. The molecule has 0 aliphatic heterocycles. The van der Waals surface area contributed by atoms with Crippen molar-refractivity contribution in [2.75, 3.05) is 12.4 Å². The first-order valence-electron chi connectivity index (χ1n) is 5.12. The van der Waals surface area contributed by atoms with E-state index in [-0.39, 0.29) is 18.2 Å². The van der Waals surface area contributed by atoms with Crippen LogP contribution in [-0.4, -0.2) is 18.9 Å². The molecule has 0 saturated carbocycles. The smallest absolute Gasteiger partial charge is 0.238 e. The van der Waals surface area contributed by atoms with Crippen LogP contribution in [0.25, 0.3) is 0 Å². The van der Waals surface area contributed by atoms with Crippen molar-refractivity contribution in [3.8, 4) is 6.07 Å². The molecule has 2 N–H and O–H groups in total. The average molecular weight is 231 g/mol. The van der Waals surface area contributed by atoms with E-state index in [2.05, 4.69) is 10.6 Å². The maximum atomic E-state index is 11.1. The van der Waals surface area contributed by atoms with Crippen LogP contribution >= 0.6 is 0 Å². The predicted octanol–water partition coefficient (Wildman–Crippen LogP) is 0.827. The topological polar surface area (TPSA) is 82.0 Å². The van der Waals surface area contributed by atoms with Crippen LogP contribution in [0.15, 0.2) is 24.3 Å². The Morgan fingerprint density at radius 2 is 1.88 bits per heavy atom. The Kier molecular flexibility index (Phi) is 4.70. The molecule has 0 aliphatic rings. The number of likely N-dealkylation sites (N-methyl/N-ethyl adjacent to an activating group) is 1. The Morgan fingerprint density at radius 1 is 1.24 bits per heavy atom. The molecule has 0 bridgehead atoms. The molecule has 5 heteroatoms. The first-order chi connectivity index (χ1) is 8.15. The number of amides is 2. The summed E-state index contributed by atoms with van der Waals surface area (Å²) in [6.07, 6.45) is 0.142. The zero-order valence-corrected chi connectivity index (χ0v) is 9.49. The molecule has 0 aliphatic carbocycles. The van der Waals surface area contributed by atoms with Gasteiger partial charge in [-0.15, -0.1) is 0 Å². The number of hydrogen-bond donors (Lipinski definition) is 2. The van der Waals surface area contributed by atoms with Crippen molar-refractivity contribution in [2.45, 2.75) is 12.8 Å². The van der Waals surface area contributed by atoms with Gasteiger partial charge in [0.05, 0.1) is 12.5 Å². The third kappa shape index (κ3) is 4.34. The predicted molar refractivity (Wildman–Crippen MR) is 63.1 cm³/mol. The van der Waals surface area contributed by atoms with E-state index in [9.17, 15) is 9.59 Å². The van der Waals surface area contributed by atoms with Crippen molar-refractivity contribution in [3.63, 3.8) is 0 Å². The molecule has 0 spiro atoms. The first kappa shape index (κ1) is 12.7. The lowest BCUT2D eigenvalue weighted by atomic mass is 10.1. The Balaban J connectivity index is 2.59. The lowest BCUT2D eigenvalue weighted by molar-refractivity contribution is -0.120. The van der Waals surface area contributed by atoms with Gasteiger partial charge in [0.1, 0.15) is 6.42 Å². The molecule has 0 fully saturated rings. The molecule has 0 radical (unpaired) electrons. The van der Waals surface area contributed by atoms with Crippen LogP contribution in [0, 0.1) is 11.3 Å². The highest BCUT2D eigenvalue weighted by molar-refractivity contribution is 5.92. The molecule has 0 unspecified atom stereocenters. The number of benzene rings is 1. The van der Waals surface area contributed by atoms with E-state index in [0.29, 0.717) is 12.1 Å². The fraction of sp³-hybridized carbons (Fsp3) is 0.250. The largest absolute Gasteiger partial charge is 0.359 e. The van der Waals surface area contributed by atoms with Gasteiger partial charge in [-0.3, -0.25) is 9.59 Å². The van der Waals surface area contributed by atoms with Crippen LogP contribution in [-0.2, 0) is 16.0 Å². The van der Waals surface area contributed by atoms with Gasteiger partial charge in [-0.05, 0) is 17.7 Å². The molecule has 0 atom stereocenters. The second-order valence-electron chi connectivity index (χ2n) is 3.43. The molecule has 0 aromatic heterocycles. The Labute approximate surface area is 99.4 Å². The van der Waals surface area contributed by atoms with Crippen LogP contribution in [0.2, 0.25) is 0 Å². The van der Waals surface area contributed by atoms with E-state index in [1.165, 1.54) is 0 Å². The summed E-state index contributed by atoms with van der Waals surface area (Å²) in [7, 11) is 1.58. The quantitative estimate of drug-likeness (QED) is 0.805. The highest BCUT2D eigenvalue weighted by Gasteiger charge is 2.03. The van der Waals surface area contributed by atoms with Gasteiger partial charge in [0, 0.05) is 12.7 Å². The molecular weight excluding hydrogens is 218 g/mol. The fourth-order valence-corrected chi connectivity index (χ4v) is 1.26. The van der Waals surface area contributed by atoms with E-state index in [0.717, 1.165) is 5.56 Å². The van der Waals surface area contributed by atoms with Crippen molar-refractivity contribution in [1.82, 2.24) is 5.32 Å². The minimum atomic E-state index is -0.341. The van der Waals surface area contributed by atoms with E-state index >= 15 is 0 Å². The minimum absolute atomic E-state index is 0.0636. The number of nitrogens with zero attached hydrogens (tertiary/aromatic N) is 1. The fourth-order valence-electron chi connectivity index (χ4n) is 1.26. The lowest BCUT2D eigenvalue weighted by Gasteiger charge is -2.04. The third-order valence-corrected chi connectivity index (χ3v) is 2.12. The Bertz CT molecular complexity index is 446. The van der Waals surface area contributed by atoms with Gasteiger partial charge < -0.3 is 10.6 Å². The monoisotopic (exact) mass is 231 g/mol. The number of nitrogens with one attached hydrogen (secondary N) is 2. The minimum Gasteiger partial charge on any atom is -0.359 e. The molecule has 88 valence electrons. The molecule has 1 aromatic carbocycles. The number of anilines is 1. The molecule has 0 heterocycles. The maximum Gasteiger partial charge on any atom is 0.238 e. The second kappa shape index (κ2) is 6.28. The number of nitriles is 1. The zero-order valence-electron chi connectivity index (χ0n) is 9.49. The molecule has 1 aromatic rings. The Morgan fingerprint density at radius 3 is 2.41 bits per heavy atom. The van der Waals surface area contributed by atoms with E-state index in [1.807, 2.05) is 0 Å². The lowest BCUT2D eigenvalue weighted by Crippen LogP contribution is -2.19. The SMILES string of the molecule is CNC(=O)Cc1ccc(NC(=O)CC#N)cc1. The van der Waals surface area contributed by atoms with Gasteiger partial charge in [-0.2, -0.15) is 5.26 Å². The summed E-state index contributed by atoms with van der Waals surface area (Å²) in [6, 6.07) is 8.69. The van der Waals surface area contributed by atoms with Gasteiger partial charge in [0.25, 0.3) is 0 Å². The van der Waals surface area contributed by atoms with Gasteiger partial charge in [0.15, 0.2) is 0 Å². The highest BCUT2D eigenvalue weighted by Crippen LogP contribution is 2.10. The number of carbonyl (C=O) groups excluding carboxylic acids is 2. The van der Waals surface area contributed by atoms with Gasteiger partial charge in [-0.25, -0.2) is 0 Å².